The van der Waals surface area contributed by atoms with Gasteiger partial charge in [0.2, 0.25) is 0 Å². The first-order valence-electron chi connectivity index (χ1n) is 5.56. The molecule has 18 heavy (non-hydrogen) atoms. The molecule has 0 saturated heterocycles. The number of hydrogen-bond acceptors (Lipinski definition) is 3. The molecule has 2 aromatic rings. The van der Waals surface area contributed by atoms with E-state index in [1.807, 2.05) is 41.9 Å². The molecule has 0 amide bonds. The minimum atomic E-state index is -0.397. The Hall–Kier alpha value is -2.23. The van der Waals surface area contributed by atoms with Crippen LogP contribution < -0.4 is 4.74 Å². The number of aromatic nitrogens is 1. The Labute approximate surface area is 106 Å². The number of carbonyl (C=O) groups excluding carboxylic acids is 1. The number of aryl methyl sites for hydroxylation is 1. The minimum absolute atomic E-state index is 0.397. The Morgan fingerprint density at radius 2 is 1.83 bits per heavy atom. The summed E-state index contributed by atoms with van der Waals surface area (Å²) in [6.45, 7) is 0. The monoisotopic (exact) mass is 245 g/mol. The van der Waals surface area contributed by atoms with Crippen LogP contribution in [0.5, 0.6) is 5.75 Å². The van der Waals surface area contributed by atoms with Gasteiger partial charge in [0.05, 0.1) is 19.9 Å². The zero-order valence-corrected chi connectivity index (χ0v) is 10.6. The summed E-state index contributed by atoms with van der Waals surface area (Å²) in [6.07, 6.45) is 1.77. The summed E-state index contributed by atoms with van der Waals surface area (Å²) in [7, 11) is 4.78. The van der Waals surface area contributed by atoms with Gasteiger partial charge in [0.15, 0.2) is 5.75 Å². The molecule has 0 fully saturated rings. The Morgan fingerprint density at radius 1 is 1.17 bits per heavy atom. The van der Waals surface area contributed by atoms with Crippen molar-refractivity contribution in [3.05, 3.63) is 42.1 Å². The summed E-state index contributed by atoms with van der Waals surface area (Å²) in [5.74, 6) is 0.120. The van der Waals surface area contributed by atoms with Gasteiger partial charge in [-0.2, -0.15) is 0 Å². The van der Waals surface area contributed by atoms with Gasteiger partial charge in [-0.1, -0.05) is 30.3 Å². The zero-order valence-electron chi connectivity index (χ0n) is 10.6. The van der Waals surface area contributed by atoms with E-state index in [0.717, 1.165) is 11.3 Å². The molecule has 0 spiro atoms. The van der Waals surface area contributed by atoms with Gasteiger partial charge >= 0.3 is 5.97 Å². The molecule has 0 unspecified atom stereocenters. The van der Waals surface area contributed by atoms with Gasteiger partial charge in [-0.15, -0.1) is 0 Å². The van der Waals surface area contributed by atoms with E-state index >= 15 is 0 Å². The molecule has 1 aromatic heterocycles. The van der Waals surface area contributed by atoms with Crippen LogP contribution in [0.15, 0.2) is 36.5 Å². The third-order valence-electron chi connectivity index (χ3n) is 2.80. The lowest BCUT2D eigenvalue weighted by atomic mass is 10.1. The first-order valence-corrected chi connectivity index (χ1v) is 5.56. The van der Waals surface area contributed by atoms with E-state index in [1.165, 1.54) is 14.2 Å². The lowest BCUT2D eigenvalue weighted by molar-refractivity contribution is 0.0598. The maximum absolute atomic E-state index is 11.9. The second kappa shape index (κ2) is 4.96. The molecule has 0 aliphatic heterocycles. The van der Waals surface area contributed by atoms with Crippen LogP contribution in [0.2, 0.25) is 0 Å². The van der Waals surface area contributed by atoms with Gasteiger partial charge in [0.1, 0.15) is 5.56 Å². The molecule has 0 bridgehead atoms. The smallest absolute Gasteiger partial charge is 0.343 e. The van der Waals surface area contributed by atoms with Crippen molar-refractivity contribution in [2.24, 2.45) is 7.05 Å². The van der Waals surface area contributed by atoms with E-state index in [4.69, 9.17) is 9.47 Å². The number of hydrogen-bond donors (Lipinski definition) is 0. The molecule has 2 rings (SSSR count). The summed E-state index contributed by atoms with van der Waals surface area (Å²) in [5.41, 5.74) is 2.19. The van der Waals surface area contributed by atoms with Crippen LogP contribution in [0, 0.1) is 0 Å². The number of esters is 1. The van der Waals surface area contributed by atoms with Crippen molar-refractivity contribution < 1.29 is 14.3 Å². The predicted octanol–water partition coefficient (Wildman–Crippen LogP) is 2.49. The number of nitrogens with zero attached hydrogens (tertiary/aromatic N) is 1. The van der Waals surface area contributed by atoms with Crippen LogP contribution in [0.1, 0.15) is 10.4 Å². The number of methoxy groups -OCH3 is 2. The quantitative estimate of drug-likeness (QED) is 0.780. The minimum Gasteiger partial charge on any atom is -0.494 e. The fourth-order valence-electron chi connectivity index (χ4n) is 2.00. The van der Waals surface area contributed by atoms with E-state index in [1.54, 1.807) is 6.20 Å². The van der Waals surface area contributed by atoms with Crippen molar-refractivity contribution >= 4 is 5.97 Å². The normalized spacial score (nSPS) is 10.2. The first-order chi connectivity index (χ1) is 8.69. The van der Waals surface area contributed by atoms with E-state index in [2.05, 4.69) is 0 Å². The molecule has 4 nitrogen and oxygen atoms in total. The lowest BCUT2D eigenvalue weighted by Crippen LogP contribution is -2.05. The highest BCUT2D eigenvalue weighted by molar-refractivity contribution is 5.99. The molecule has 1 heterocycles. The maximum atomic E-state index is 11.9. The maximum Gasteiger partial charge on any atom is 0.343 e. The van der Waals surface area contributed by atoms with Crippen LogP contribution >= 0.6 is 0 Å². The lowest BCUT2D eigenvalue weighted by Gasteiger charge is -2.07. The predicted molar refractivity (Wildman–Crippen MR) is 68.7 cm³/mol. The molecule has 4 heteroatoms. The fraction of sp³-hybridized carbons (Fsp3) is 0.214. The molecule has 0 atom stereocenters. The van der Waals surface area contributed by atoms with Crippen molar-refractivity contribution in [2.45, 2.75) is 0 Å². The Morgan fingerprint density at radius 3 is 2.39 bits per heavy atom. The molecule has 0 aliphatic rings. The highest BCUT2D eigenvalue weighted by Gasteiger charge is 2.23. The highest BCUT2D eigenvalue weighted by Crippen LogP contribution is 2.32. The van der Waals surface area contributed by atoms with Crippen molar-refractivity contribution in [1.82, 2.24) is 4.57 Å². The van der Waals surface area contributed by atoms with Crippen LogP contribution in [-0.4, -0.2) is 24.8 Å². The molecular formula is C14H15NO3. The van der Waals surface area contributed by atoms with Crippen molar-refractivity contribution in [3.63, 3.8) is 0 Å². The number of benzene rings is 1. The molecule has 0 aliphatic carbocycles. The second-order valence-corrected chi connectivity index (χ2v) is 3.89. The molecule has 0 radical (unpaired) electrons. The molecular weight excluding hydrogens is 230 g/mol. The van der Waals surface area contributed by atoms with Gasteiger partial charge in [-0.3, -0.25) is 0 Å². The third-order valence-corrected chi connectivity index (χ3v) is 2.80. The van der Waals surface area contributed by atoms with E-state index in [0.29, 0.717) is 11.3 Å². The van der Waals surface area contributed by atoms with Gasteiger partial charge < -0.3 is 14.0 Å². The van der Waals surface area contributed by atoms with Crippen LogP contribution in [0.3, 0.4) is 0 Å². The summed E-state index contributed by atoms with van der Waals surface area (Å²) < 4.78 is 11.9. The molecule has 0 N–H and O–H groups in total. The molecule has 1 aromatic carbocycles. The van der Waals surface area contributed by atoms with Gasteiger partial charge in [-0.25, -0.2) is 4.79 Å². The Bertz CT molecular complexity index is 558. The third kappa shape index (κ3) is 1.97. The average molecular weight is 245 g/mol. The topological polar surface area (TPSA) is 40.5 Å². The van der Waals surface area contributed by atoms with Crippen LogP contribution in [0.25, 0.3) is 11.3 Å². The number of rotatable bonds is 3. The van der Waals surface area contributed by atoms with Crippen molar-refractivity contribution in [1.29, 1.82) is 0 Å². The van der Waals surface area contributed by atoms with Crippen LogP contribution in [0.4, 0.5) is 0 Å². The number of carbonyl (C=O) groups is 1. The second-order valence-electron chi connectivity index (χ2n) is 3.89. The van der Waals surface area contributed by atoms with E-state index in [9.17, 15) is 4.79 Å². The number of ether oxygens (including phenoxy) is 2. The molecule has 0 saturated carbocycles. The average Bonchev–Trinajstić information content (AvgIpc) is 2.75. The Kier molecular flexibility index (Phi) is 3.37. The van der Waals surface area contributed by atoms with Gasteiger partial charge in [0.25, 0.3) is 0 Å². The van der Waals surface area contributed by atoms with Gasteiger partial charge in [0, 0.05) is 13.2 Å². The SMILES string of the molecule is COC(=O)c1c(OC)cn(C)c1-c1ccccc1. The first kappa shape index (κ1) is 12.2. The highest BCUT2D eigenvalue weighted by atomic mass is 16.5. The Balaban J connectivity index is 2.66. The summed E-state index contributed by atoms with van der Waals surface area (Å²) in [6, 6.07) is 9.68. The summed E-state index contributed by atoms with van der Waals surface area (Å²) in [5, 5.41) is 0. The van der Waals surface area contributed by atoms with E-state index < -0.39 is 5.97 Å². The molecule has 94 valence electrons. The van der Waals surface area contributed by atoms with Crippen molar-refractivity contribution in [2.75, 3.05) is 14.2 Å². The van der Waals surface area contributed by atoms with Gasteiger partial charge in [-0.05, 0) is 5.56 Å². The summed E-state index contributed by atoms with van der Waals surface area (Å²) in [4.78, 5) is 11.9. The summed E-state index contributed by atoms with van der Waals surface area (Å²) >= 11 is 0. The van der Waals surface area contributed by atoms with E-state index in [-0.39, 0.29) is 0 Å². The zero-order chi connectivity index (χ0) is 13.1. The fourth-order valence-corrected chi connectivity index (χ4v) is 2.00. The standard InChI is InChI=1S/C14H15NO3/c1-15-9-11(17-2)12(14(16)18-3)13(15)10-7-5-4-6-8-10/h4-9H,1-3H3. The van der Waals surface area contributed by atoms with Crippen molar-refractivity contribution in [3.8, 4) is 17.0 Å². The van der Waals surface area contributed by atoms with Crippen LogP contribution in [-0.2, 0) is 11.8 Å². The largest absolute Gasteiger partial charge is 0.494 e.